The first-order chi connectivity index (χ1) is 19.2. The molecule has 5 unspecified atom stereocenters. The minimum atomic E-state index is -4.59. The summed E-state index contributed by atoms with van der Waals surface area (Å²) in [5.41, 5.74) is 7.01. The predicted molar refractivity (Wildman–Crippen MR) is 139 cm³/mol. The molecule has 1 aromatic rings. The first kappa shape index (κ1) is 30.2. The molecule has 3 heterocycles. The van der Waals surface area contributed by atoms with Crippen molar-refractivity contribution in [1.82, 2.24) is 15.3 Å². The Hall–Kier alpha value is -3.79. The summed E-state index contributed by atoms with van der Waals surface area (Å²) in [6.07, 6.45) is -2.80. The number of ether oxygens (including phenoxy) is 2. The van der Waals surface area contributed by atoms with Crippen LogP contribution in [0.2, 0.25) is 0 Å². The van der Waals surface area contributed by atoms with Gasteiger partial charge in [0.1, 0.15) is 24.3 Å². The highest BCUT2D eigenvalue weighted by molar-refractivity contribution is 5.90. The van der Waals surface area contributed by atoms with Crippen LogP contribution < -0.4 is 16.8 Å². The van der Waals surface area contributed by atoms with Gasteiger partial charge in [0.25, 0.3) is 0 Å². The van der Waals surface area contributed by atoms with Crippen molar-refractivity contribution in [2.75, 3.05) is 19.7 Å². The molecule has 4 rings (SSSR count). The van der Waals surface area contributed by atoms with Crippen LogP contribution in [-0.4, -0.2) is 93.4 Å². The molecule has 16 heteroatoms. The van der Waals surface area contributed by atoms with Gasteiger partial charge in [0.15, 0.2) is 12.1 Å². The van der Waals surface area contributed by atoms with Crippen molar-refractivity contribution in [1.29, 1.82) is 0 Å². The standard InChI is InChI=1S/C25H34F3N7O6/c1-3-4-5-6-11-31-22(37)40-13-16-18-24(35(39)21(30)33-18)23(2,38)17(12-34(24)20(29)32-16)41-19(36)14-7-9-15(10-8-14)25(26,27)28/h7-10,16-18,38-39H,3-6,11-13H2,1-2H3,(H2,29,32)(H2,30,33)(H,31,37). The number of alkyl halides is 3. The van der Waals surface area contributed by atoms with Gasteiger partial charge in [-0.05, 0) is 37.6 Å². The summed E-state index contributed by atoms with van der Waals surface area (Å²) in [5, 5.41) is 26.0. The van der Waals surface area contributed by atoms with Crippen molar-refractivity contribution in [3.05, 3.63) is 35.4 Å². The molecule has 5 atom stereocenters. The maximum Gasteiger partial charge on any atom is 0.416 e. The highest BCUT2D eigenvalue weighted by Crippen LogP contribution is 2.50. The van der Waals surface area contributed by atoms with Crippen molar-refractivity contribution < 1.29 is 42.5 Å². The number of guanidine groups is 2. The van der Waals surface area contributed by atoms with Gasteiger partial charge in [-0.3, -0.25) is 5.21 Å². The van der Waals surface area contributed by atoms with Crippen LogP contribution in [-0.2, 0) is 15.7 Å². The lowest BCUT2D eigenvalue weighted by Crippen LogP contribution is -2.77. The number of nitrogens with two attached hydrogens (primary N) is 2. The van der Waals surface area contributed by atoms with E-state index in [1.807, 2.05) is 0 Å². The molecule has 0 bridgehead atoms. The van der Waals surface area contributed by atoms with E-state index in [0.717, 1.165) is 49.9 Å². The van der Waals surface area contributed by atoms with E-state index >= 15 is 0 Å². The van der Waals surface area contributed by atoms with Gasteiger partial charge in [0.05, 0.1) is 17.7 Å². The van der Waals surface area contributed by atoms with Gasteiger partial charge >= 0.3 is 18.2 Å². The minimum Gasteiger partial charge on any atom is -0.454 e. The number of amides is 1. The summed E-state index contributed by atoms with van der Waals surface area (Å²) in [4.78, 5) is 35.0. The second-order valence-electron chi connectivity index (χ2n) is 10.3. The molecule has 3 aliphatic rings. The molecule has 1 amide bonds. The zero-order valence-electron chi connectivity index (χ0n) is 22.6. The Morgan fingerprint density at radius 3 is 2.46 bits per heavy atom. The van der Waals surface area contributed by atoms with Crippen molar-refractivity contribution in [3.8, 4) is 0 Å². The molecule has 1 fully saturated rings. The summed E-state index contributed by atoms with van der Waals surface area (Å²) in [6, 6.07) is 1.27. The number of nitrogens with one attached hydrogen (secondary N) is 1. The summed E-state index contributed by atoms with van der Waals surface area (Å²) >= 11 is 0. The average Bonchev–Trinajstić information content (AvgIpc) is 3.32. The first-order valence-electron chi connectivity index (χ1n) is 13.2. The highest BCUT2D eigenvalue weighted by Gasteiger charge is 2.75. The van der Waals surface area contributed by atoms with Crippen LogP contribution in [0, 0.1) is 0 Å². The van der Waals surface area contributed by atoms with Crippen LogP contribution in [0.25, 0.3) is 0 Å². The molecule has 1 saturated heterocycles. The van der Waals surface area contributed by atoms with E-state index in [1.165, 1.54) is 11.8 Å². The van der Waals surface area contributed by atoms with Crippen LogP contribution in [0.1, 0.15) is 55.5 Å². The third-order valence-corrected chi connectivity index (χ3v) is 7.68. The number of carbonyl (C=O) groups is 2. The lowest BCUT2D eigenvalue weighted by Gasteiger charge is -2.51. The fourth-order valence-electron chi connectivity index (χ4n) is 5.53. The number of benzene rings is 1. The fraction of sp³-hybridized carbons (Fsp3) is 0.600. The molecular weight excluding hydrogens is 551 g/mol. The van der Waals surface area contributed by atoms with Gasteiger partial charge in [-0.25, -0.2) is 19.6 Å². The number of esters is 1. The molecule has 7 N–H and O–H groups in total. The monoisotopic (exact) mass is 585 g/mol. The summed E-state index contributed by atoms with van der Waals surface area (Å²) in [5.74, 6) is -1.57. The number of halogens is 3. The SMILES string of the molecule is CCCCCCNC(=O)OCC1N=C(N)N2CC(OC(=O)c3ccc(C(F)(F)F)cc3)C(C)(O)C23C1N=C(N)N3O. The van der Waals surface area contributed by atoms with Crippen molar-refractivity contribution >= 4 is 24.0 Å². The number of aliphatic hydroxyl groups is 1. The zero-order chi connectivity index (χ0) is 30.2. The molecule has 1 spiro atoms. The van der Waals surface area contributed by atoms with Gasteiger partial charge in [-0.1, -0.05) is 26.2 Å². The minimum absolute atomic E-state index is 0.174. The summed E-state index contributed by atoms with van der Waals surface area (Å²) in [7, 11) is 0. The van der Waals surface area contributed by atoms with Crippen molar-refractivity contribution in [2.45, 2.75) is 75.2 Å². The Morgan fingerprint density at radius 2 is 1.83 bits per heavy atom. The smallest absolute Gasteiger partial charge is 0.416 e. The highest BCUT2D eigenvalue weighted by atomic mass is 19.4. The van der Waals surface area contributed by atoms with Gasteiger partial charge in [0, 0.05) is 6.54 Å². The van der Waals surface area contributed by atoms with Crippen LogP contribution in [0.4, 0.5) is 18.0 Å². The van der Waals surface area contributed by atoms with Crippen molar-refractivity contribution in [3.63, 3.8) is 0 Å². The number of aliphatic imine (C=N–C) groups is 2. The van der Waals surface area contributed by atoms with Crippen molar-refractivity contribution in [2.24, 2.45) is 21.5 Å². The number of unbranched alkanes of at least 4 members (excludes halogenated alkanes) is 3. The van der Waals surface area contributed by atoms with Crippen LogP contribution >= 0.6 is 0 Å². The zero-order valence-corrected chi connectivity index (χ0v) is 22.6. The van der Waals surface area contributed by atoms with E-state index in [0.29, 0.717) is 11.6 Å². The Bertz CT molecular complexity index is 1210. The third kappa shape index (κ3) is 5.32. The average molecular weight is 586 g/mol. The molecule has 3 aliphatic heterocycles. The van der Waals surface area contributed by atoms with E-state index in [1.54, 1.807) is 0 Å². The first-order valence-corrected chi connectivity index (χ1v) is 13.2. The van der Waals surface area contributed by atoms with Crippen LogP contribution in [0.15, 0.2) is 34.3 Å². The second-order valence-corrected chi connectivity index (χ2v) is 10.3. The quantitative estimate of drug-likeness (QED) is 0.209. The normalized spacial score (nSPS) is 28.9. The van der Waals surface area contributed by atoms with E-state index in [4.69, 9.17) is 20.9 Å². The molecule has 0 radical (unpaired) electrons. The molecule has 1 aromatic carbocycles. The van der Waals surface area contributed by atoms with Gasteiger partial charge in [-0.15, -0.1) is 0 Å². The number of nitrogens with zero attached hydrogens (tertiary/aromatic N) is 4. The molecule has 0 aromatic heterocycles. The Kier molecular flexibility index (Phi) is 8.27. The molecular formula is C25H34F3N7O6. The number of hydrogen-bond donors (Lipinski definition) is 5. The van der Waals surface area contributed by atoms with E-state index < -0.39 is 53.3 Å². The van der Waals surface area contributed by atoms with Gasteiger partial charge < -0.3 is 36.3 Å². The third-order valence-electron chi connectivity index (χ3n) is 7.68. The molecule has 0 saturated carbocycles. The summed E-state index contributed by atoms with van der Waals surface area (Å²) in [6.45, 7) is 3.19. The molecule has 0 aliphatic carbocycles. The number of carbonyl (C=O) groups excluding carboxylic acids is 2. The lowest BCUT2D eigenvalue weighted by molar-refractivity contribution is -0.228. The van der Waals surface area contributed by atoms with Gasteiger partial charge in [0.2, 0.25) is 11.6 Å². The molecule has 226 valence electrons. The maximum absolute atomic E-state index is 12.9. The number of hydrogen-bond acceptors (Lipinski definition) is 12. The number of alkyl carbamates (subject to hydrolysis) is 1. The molecule has 41 heavy (non-hydrogen) atoms. The molecule has 13 nitrogen and oxygen atoms in total. The van der Waals surface area contributed by atoms with Crippen LogP contribution in [0.5, 0.6) is 0 Å². The number of rotatable bonds is 9. The van der Waals surface area contributed by atoms with E-state index in [2.05, 4.69) is 22.2 Å². The fourth-order valence-corrected chi connectivity index (χ4v) is 5.53. The predicted octanol–water partition coefficient (Wildman–Crippen LogP) is 1.39. The lowest BCUT2D eigenvalue weighted by atomic mass is 9.79. The largest absolute Gasteiger partial charge is 0.454 e. The van der Waals surface area contributed by atoms with Crippen LogP contribution in [0.3, 0.4) is 0 Å². The Balaban J connectivity index is 1.52. The topological polar surface area (TPSA) is 188 Å². The second kappa shape index (κ2) is 11.2. The maximum atomic E-state index is 12.9. The van der Waals surface area contributed by atoms with E-state index in [-0.39, 0.29) is 30.6 Å². The summed E-state index contributed by atoms with van der Waals surface area (Å²) < 4.78 is 49.6. The van der Waals surface area contributed by atoms with E-state index in [9.17, 15) is 33.1 Å². The van der Waals surface area contributed by atoms with Gasteiger partial charge in [-0.2, -0.15) is 18.2 Å². The number of hydroxylamine groups is 2. The Labute approximate surface area is 233 Å². The Morgan fingerprint density at radius 1 is 1.15 bits per heavy atom.